The van der Waals surface area contributed by atoms with Crippen molar-refractivity contribution in [3.63, 3.8) is 0 Å². The number of ether oxygens (including phenoxy) is 2. The van der Waals surface area contributed by atoms with Crippen molar-refractivity contribution in [3.8, 4) is 5.75 Å². The van der Waals surface area contributed by atoms with Crippen molar-refractivity contribution in [2.24, 2.45) is 0 Å². The summed E-state index contributed by atoms with van der Waals surface area (Å²) in [6, 6.07) is 7.47. The molecule has 0 spiro atoms. The Kier molecular flexibility index (Phi) is 5.20. The van der Waals surface area contributed by atoms with E-state index in [0.717, 1.165) is 11.3 Å². The van der Waals surface area contributed by atoms with Crippen molar-refractivity contribution in [1.29, 1.82) is 0 Å². The summed E-state index contributed by atoms with van der Waals surface area (Å²) in [6.07, 6.45) is 1.45. The molecule has 1 aromatic carbocycles. The van der Waals surface area contributed by atoms with E-state index in [1.165, 1.54) is 0 Å². The summed E-state index contributed by atoms with van der Waals surface area (Å²) in [5.41, 5.74) is 0.0852. The molecule has 0 aliphatic carbocycles. The standard InChI is InChI=1S/C16H23NO4/c1-17(12-16(19)6-8-21-9-7-16)15(18)11-13-4-3-5-14(10-13)20-2/h3-5,10,19H,6-9,11-12H2,1-2H3. The van der Waals surface area contributed by atoms with E-state index in [9.17, 15) is 9.90 Å². The Balaban J connectivity index is 1.92. The number of likely N-dealkylation sites (N-methyl/N-ethyl adjacent to an activating group) is 1. The molecule has 5 nitrogen and oxygen atoms in total. The second-order valence-corrected chi connectivity index (χ2v) is 5.61. The number of amides is 1. The van der Waals surface area contributed by atoms with Crippen molar-refractivity contribution in [2.75, 3.05) is 33.9 Å². The number of aliphatic hydroxyl groups is 1. The van der Waals surface area contributed by atoms with Crippen LogP contribution in [-0.4, -0.2) is 55.4 Å². The molecule has 1 amide bonds. The van der Waals surface area contributed by atoms with E-state index in [0.29, 0.717) is 39.0 Å². The third-order valence-electron chi connectivity index (χ3n) is 3.87. The summed E-state index contributed by atoms with van der Waals surface area (Å²) in [5, 5.41) is 10.4. The zero-order chi connectivity index (χ0) is 15.3. The van der Waals surface area contributed by atoms with Gasteiger partial charge in [0.15, 0.2) is 0 Å². The van der Waals surface area contributed by atoms with E-state index in [4.69, 9.17) is 9.47 Å². The Hall–Kier alpha value is -1.59. The molecule has 0 bridgehead atoms. The van der Waals surface area contributed by atoms with E-state index in [-0.39, 0.29) is 5.91 Å². The van der Waals surface area contributed by atoms with Crippen molar-refractivity contribution >= 4 is 5.91 Å². The molecule has 1 aliphatic heterocycles. The Morgan fingerprint density at radius 1 is 1.43 bits per heavy atom. The maximum Gasteiger partial charge on any atom is 0.226 e. The topological polar surface area (TPSA) is 59.0 Å². The summed E-state index contributed by atoms with van der Waals surface area (Å²) < 4.78 is 10.4. The molecule has 1 heterocycles. The van der Waals surface area contributed by atoms with Gasteiger partial charge in [-0.3, -0.25) is 4.79 Å². The fourth-order valence-electron chi connectivity index (χ4n) is 2.53. The highest BCUT2D eigenvalue weighted by atomic mass is 16.5. The zero-order valence-electron chi connectivity index (χ0n) is 12.7. The van der Waals surface area contributed by atoms with Gasteiger partial charge in [-0.15, -0.1) is 0 Å². The summed E-state index contributed by atoms with van der Waals surface area (Å²) in [6.45, 7) is 1.45. The summed E-state index contributed by atoms with van der Waals surface area (Å²) in [7, 11) is 3.34. The van der Waals surface area contributed by atoms with Gasteiger partial charge in [-0.05, 0) is 17.7 Å². The van der Waals surface area contributed by atoms with E-state index in [2.05, 4.69) is 0 Å². The molecule has 1 fully saturated rings. The van der Waals surface area contributed by atoms with Gasteiger partial charge in [0.1, 0.15) is 5.75 Å². The summed E-state index contributed by atoms with van der Waals surface area (Å²) in [5.74, 6) is 0.731. The first-order valence-corrected chi connectivity index (χ1v) is 7.19. The number of carbonyl (C=O) groups excluding carboxylic acids is 1. The first-order chi connectivity index (χ1) is 10.0. The molecule has 1 saturated heterocycles. The lowest BCUT2D eigenvalue weighted by Gasteiger charge is -2.35. The minimum atomic E-state index is -0.822. The van der Waals surface area contributed by atoms with Gasteiger partial charge in [-0.25, -0.2) is 0 Å². The largest absolute Gasteiger partial charge is 0.497 e. The lowest BCUT2D eigenvalue weighted by Crippen LogP contribution is -2.47. The third kappa shape index (κ3) is 4.44. The van der Waals surface area contributed by atoms with Crippen molar-refractivity contribution < 1.29 is 19.4 Å². The van der Waals surface area contributed by atoms with Crippen LogP contribution in [0, 0.1) is 0 Å². The Bertz CT molecular complexity index is 483. The zero-order valence-corrected chi connectivity index (χ0v) is 12.7. The number of rotatable bonds is 5. The average molecular weight is 293 g/mol. The van der Waals surface area contributed by atoms with Crippen molar-refractivity contribution in [3.05, 3.63) is 29.8 Å². The smallest absolute Gasteiger partial charge is 0.226 e. The Morgan fingerprint density at radius 3 is 2.81 bits per heavy atom. The van der Waals surface area contributed by atoms with E-state index >= 15 is 0 Å². The molecule has 5 heteroatoms. The van der Waals surface area contributed by atoms with Crippen LogP contribution in [-0.2, 0) is 16.0 Å². The molecule has 0 unspecified atom stereocenters. The minimum absolute atomic E-state index is 0.0110. The molecular weight excluding hydrogens is 270 g/mol. The normalized spacial score (nSPS) is 17.3. The van der Waals surface area contributed by atoms with Crippen LogP contribution < -0.4 is 4.74 Å². The summed E-state index contributed by atoms with van der Waals surface area (Å²) in [4.78, 5) is 13.9. The van der Waals surface area contributed by atoms with Gasteiger partial charge >= 0.3 is 0 Å². The van der Waals surface area contributed by atoms with Crippen LogP contribution in [0.3, 0.4) is 0 Å². The van der Waals surface area contributed by atoms with Gasteiger partial charge in [0.05, 0.1) is 19.1 Å². The monoisotopic (exact) mass is 293 g/mol. The van der Waals surface area contributed by atoms with Crippen LogP contribution in [0.4, 0.5) is 0 Å². The fraction of sp³-hybridized carbons (Fsp3) is 0.562. The van der Waals surface area contributed by atoms with Crippen molar-refractivity contribution in [1.82, 2.24) is 4.90 Å². The molecule has 0 atom stereocenters. The van der Waals surface area contributed by atoms with Gasteiger partial charge in [0.25, 0.3) is 0 Å². The van der Waals surface area contributed by atoms with Crippen LogP contribution in [0.5, 0.6) is 5.75 Å². The lowest BCUT2D eigenvalue weighted by atomic mass is 9.94. The van der Waals surface area contributed by atoms with Crippen LogP contribution in [0.1, 0.15) is 18.4 Å². The lowest BCUT2D eigenvalue weighted by molar-refractivity contribution is -0.136. The van der Waals surface area contributed by atoms with Crippen LogP contribution in [0.25, 0.3) is 0 Å². The fourth-order valence-corrected chi connectivity index (χ4v) is 2.53. The molecule has 1 aromatic rings. The Morgan fingerprint density at radius 2 is 2.14 bits per heavy atom. The van der Waals surface area contributed by atoms with Crippen LogP contribution in [0.15, 0.2) is 24.3 Å². The average Bonchev–Trinajstić information content (AvgIpc) is 2.47. The summed E-state index contributed by atoms with van der Waals surface area (Å²) >= 11 is 0. The number of hydrogen-bond acceptors (Lipinski definition) is 4. The second-order valence-electron chi connectivity index (χ2n) is 5.61. The van der Waals surface area contributed by atoms with Gasteiger partial charge < -0.3 is 19.5 Å². The second kappa shape index (κ2) is 6.91. The quantitative estimate of drug-likeness (QED) is 0.887. The van der Waals surface area contributed by atoms with Gasteiger partial charge in [0, 0.05) is 39.6 Å². The highest BCUT2D eigenvalue weighted by molar-refractivity contribution is 5.78. The van der Waals surface area contributed by atoms with Gasteiger partial charge in [-0.2, -0.15) is 0 Å². The molecule has 0 radical (unpaired) electrons. The van der Waals surface area contributed by atoms with E-state index < -0.39 is 5.60 Å². The molecule has 21 heavy (non-hydrogen) atoms. The van der Waals surface area contributed by atoms with Crippen LogP contribution in [0.2, 0.25) is 0 Å². The first kappa shape index (κ1) is 15.8. The molecule has 1 N–H and O–H groups in total. The predicted molar refractivity (Wildman–Crippen MR) is 79.3 cm³/mol. The highest BCUT2D eigenvalue weighted by Crippen LogP contribution is 2.21. The maximum atomic E-state index is 12.3. The SMILES string of the molecule is COc1cccc(CC(=O)N(C)CC2(O)CCOCC2)c1. The molecule has 0 saturated carbocycles. The van der Waals surface area contributed by atoms with Gasteiger partial charge in [0.2, 0.25) is 5.91 Å². The number of carbonyl (C=O) groups is 1. The minimum Gasteiger partial charge on any atom is -0.497 e. The molecule has 0 aromatic heterocycles. The van der Waals surface area contributed by atoms with Crippen LogP contribution >= 0.6 is 0 Å². The number of hydrogen-bond donors (Lipinski definition) is 1. The third-order valence-corrected chi connectivity index (χ3v) is 3.87. The maximum absolute atomic E-state index is 12.3. The number of nitrogens with zero attached hydrogens (tertiary/aromatic N) is 1. The van der Waals surface area contributed by atoms with E-state index in [1.54, 1.807) is 19.1 Å². The molecule has 116 valence electrons. The molecule has 1 aliphatic rings. The number of benzene rings is 1. The molecule has 2 rings (SSSR count). The van der Waals surface area contributed by atoms with E-state index in [1.807, 2.05) is 24.3 Å². The first-order valence-electron chi connectivity index (χ1n) is 7.19. The Labute approximate surface area is 125 Å². The number of methoxy groups -OCH3 is 1. The molecular formula is C16H23NO4. The predicted octanol–water partition coefficient (Wildman–Crippen LogP) is 1.24. The highest BCUT2D eigenvalue weighted by Gasteiger charge is 2.32. The van der Waals surface area contributed by atoms with Crippen molar-refractivity contribution in [2.45, 2.75) is 24.9 Å². The van der Waals surface area contributed by atoms with Gasteiger partial charge in [-0.1, -0.05) is 12.1 Å².